The molecule has 0 radical (unpaired) electrons. The maximum Gasteiger partial charge on any atom is 0.433 e. The number of carbonyl (C=O) groups is 2. The lowest BCUT2D eigenvalue weighted by atomic mass is 10.1. The van der Waals surface area contributed by atoms with Gasteiger partial charge in [0.15, 0.2) is 6.29 Å². The van der Waals surface area contributed by atoms with Crippen LogP contribution in [0.4, 0.5) is 9.59 Å². The van der Waals surface area contributed by atoms with Crippen molar-refractivity contribution >= 4 is 18.4 Å². The van der Waals surface area contributed by atoms with E-state index in [1.54, 1.807) is 20.8 Å². The summed E-state index contributed by atoms with van der Waals surface area (Å²) in [6.07, 6.45) is -0.922. The third kappa shape index (κ3) is 11.7. The van der Waals surface area contributed by atoms with Crippen molar-refractivity contribution in [3.63, 3.8) is 0 Å². The van der Waals surface area contributed by atoms with Gasteiger partial charge in [-0.15, -0.1) is 0 Å². The Kier molecular flexibility index (Phi) is 9.46. The minimum absolute atomic E-state index is 0.0640. The van der Waals surface area contributed by atoms with E-state index in [2.05, 4.69) is 10.3 Å². The fraction of sp³-hybridized carbons (Fsp3) is 0.526. The molecule has 0 bridgehead atoms. The highest BCUT2D eigenvalue weighted by molar-refractivity contribution is 5.79. The van der Waals surface area contributed by atoms with E-state index < -0.39 is 30.1 Å². The Morgan fingerprint density at radius 3 is 2.48 bits per heavy atom. The van der Waals surface area contributed by atoms with Crippen molar-refractivity contribution in [2.45, 2.75) is 64.6 Å². The zero-order chi connectivity index (χ0) is 20.3. The Morgan fingerprint density at radius 2 is 1.89 bits per heavy atom. The molecule has 0 aliphatic rings. The Bertz CT molecular complexity index is 610. The lowest BCUT2D eigenvalue weighted by Gasteiger charge is -2.23. The first-order valence-corrected chi connectivity index (χ1v) is 8.74. The third-order valence-corrected chi connectivity index (χ3v) is 3.26. The lowest BCUT2D eigenvalue weighted by molar-refractivity contribution is -0.0521. The van der Waals surface area contributed by atoms with Crippen LogP contribution in [0.5, 0.6) is 0 Å². The average molecular weight is 380 g/mol. The molecule has 0 aliphatic heterocycles. The predicted octanol–water partition coefficient (Wildman–Crippen LogP) is 2.77. The number of hydrogen-bond acceptors (Lipinski definition) is 6. The molecule has 1 rings (SSSR count). The van der Waals surface area contributed by atoms with E-state index >= 15 is 0 Å². The number of amides is 2. The Balaban J connectivity index is 2.39. The largest absolute Gasteiger partial charge is 0.444 e. The third-order valence-electron chi connectivity index (χ3n) is 3.26. The predicted molar refractivity (Wildman–Crippen MR) is 100 cm³/mol. The van der Waals surface area contributed by atoms with Gasteiger partial charge in [-0.25, -0.2) is 9.59 Å². The highest BCUT2D eigenvalue weighted by Crippen LogP contribution is 2.09. The molecule has 27 heavy (non-hydrogen) atoms. The van der Waals surface area contributed by atoms with Crippen LogP contribution in [0, 0.1) is 0 Å². The van der Waals surface area contributed by atoms with Crippen LogP contribution < -0.4 is 5.32 Å². The first-order valence-electron chi connectivity index (χ1n) is 8.74. The SMILES string of the molecule is CC(C)(C)OC(=O)NC(CCC=NC(=O)OCc1ccccc1)CC(O)O. The summed E-state index contributed by atoms with van der Waals surface area (Å²) in [5.74, 6) is 0. The van der Waals surface area contributed by atoms with E-state index in [0.717, 1.165) is 5.56 Å². The molecule has 0 fully saturated rings. The van der Waals surface area contributed by atoms with Crippen LogP contribution in [-0.4, -0.2) is 46.5 Å². The van der Waals surface area contributed by atoms with E-state index in [-0.39, 0.29) is 13.0 Å². The second kappa shape index (κ2) is 11.3. The summed E-state index contributed by atoms with van der Waals surface area (Å²) >= 11 is 0. The van der Waals surface area contributed by atoms with Gasteiger partial charge in [-0.2, -0.15) is 4.99 Å². The van der Waals surface area contributed by atoms with Crippen LogP contribution in [-0.2, 0) is 16.1 Å². The molecule has 0 aliphatic carbocycles. The van der Waals surface area contributed by atoms with Crippen LogP contribution in [0.2, 0.25) is 0 Å². The zero-order valence-corrected chi connectivity index (χ0v) is 15.9. The number of nitrogens with one attached hydrogen (secondary N) is 1. The Hall–Kier alpha value is -2.45. The molecule has 1 atom stereocenters. The van der Waals surface area contributed by atoms with Gasteiger partial charge < -0.3 is 25.0 Å². The summed E-state index contributed by atoms with van der Waals surface area (Å²) in [5.41, 5.74) is 0.204. The van der Waals surface area contributed by atoms with Gasteiger partial charge in [0, 0.05) is 18.7 Å². The fourth-order valence-electron chi connectivity index (χ4n) is 2.15. The van der Waals surface area contributed by atoms with Crippen molar-refractivity contribution < 1.29 is 29.3 Å². The van der Waals surface area contributed by atoms with E-state index in [9.17, 15) is 9.59 Å². The average Bonchev–Trinajstić information content (AvgIpc) is 2.55. The maximum atomic E-state index is 11.8. The van der Waals surface area contributed by atoms with Crippen LogP contribution >= 0.6 is 0 Å². The Labute approximate surface area is 159 Å². The number of carbonyl (C=O) groups excluding carboxylic acids is 2. The molecule has 0 heterocycles. The summed E-state index contributed by atoms with van der Waals surface area (Å²) < 4.78 is 10.2. The molecular weight excluding hydrogens is 352 g/mol. The van der Waals surface area contributed by atoms with Gasteiger partial charge in [0.05, 0.1) is 0 Å². The number of ether oxygens (including phenoxy) is 2. The highest BCUT2D eigenvalue weighted by Gasteiger charge is 2.20. The van der Waals surface area contributed by atoms with Crippen molar-refractivity contribution in [3.05, 3.63) is 35.9 Å². The molecule has 8 nitrogen and oxygen atoms in total. The number of aliphatic hydroxyl groups is 2. The number of aliphatic hydroxyl groups excluding tert-OH is 1. The number of aliphatic imine (C=N–C) groups is 1. The van der Waals surface area contributed by atoms with Gasteiger partial charge in [0.1, 0.15) is 12.2 Å². The second-order valence-corrected chi connectivity index (χ2v) is 6.99. The Morgan fingerprint density at radius 1 is 1.22 bits per heavy atom. The molecule has 1 aromatic rings. The molecule has 0 aromatic heterocycles. The van der Waals surface area contributed by atoms with Gasteiger partial charge >= 0.3 is 12.2 Å². The van der Waals surface area contributed by atoms with E-state index in [4.69, 9.17) is 19.7 Å². The minimum Gasteiger partial charge on any atom is -0.444 e. The molecule has 0 saturated carbocycles. The molecule has 150 valence electrons. The first-order chi connectivity index (χ1) is 12.7. The van der Waals surface area contributed by atoms with Crippen LogP contribution in [0.1, 0.15) is 45.6 Å². The van der Waals surface area contributed by atoms with E-state index in [1.807, 2.05) is 30.3 Å². The normalized spacial score (nSPS) is 12.8. The zero-order valence-electron chi connectivity index (χ0n) is 15.9. The van der Waals surface area contributed by atoms with Crippen LogP contribution in [0.3, 0.4) is 0 Å². The van der Waals surface area contributed by atoms with Crippen molar-refractivity contribution in [3.8, 4) is 0 Å². The van der Waals surface area contributed by atoms with Gasteiger partial charge in [-0.3, -0.25) is 0 Å². The summed E-state index contributed by atoms with van der Waals surface area (Å²) in [5, 5.41) is 20.9. The number of nitrogens with zero attached hydrogens (tertiary/aromatic N) is 1. The van der Waals surface area contributed by atoms with Crippen LogP contribution in [0.15, 0.2) is 35.3 Å². The van der Waals surface area contributed by atoms with Gasteiger partial charge in [-0.05, 0) is 39.2 Å². The number of alkyl carbamates (subject to hydrolysis) is 1. The van der Waals surface area contributed by atoms with Crippen molar-refractivity contribution in [1.82, 2.24) is 5.32 Å². The number of rotatable bonds is 8. The van der Waals surface area contributed by atoms with Crippen molar-refractivity contribution in [2.24, 2.45) is 4.99 Å². The fourth-order valence-corrected chi connectivity index (χ4v) is 2.15. The standard InChI is InChI=1S/C19H28N2O6/c1-19(2,3)27-18(25)21-15(12-16(22)23)10-7-11-20-17(24)26-13-14-8-5-4-6-9-14/h4-6,8-9,11,15-16,22-23H,7,10,12-13H2,1-3H3,(H,21,25). The van der Waals surface area contributed by atoms with E-state index in [1.165, 1.54) is 6.21 Å². The van der Waals surface area contributed by atoms with Gasteiger partial charge in [-0.1, -0.05) is 30.3 Å². The number of benzene rings is 1. The van der Waals surface area contributed by atoms with Crippen molar-refractivity contribution in [2.75, 3.05) is 0 Å². The summed E-state index contributed by atoms with van der Waals surface area (Å²) in [7, 11) is 0. The second-order valence-electron chi connectivity index (χ2n) is 6.99. The molecule has 2 amide bonds. The summed E-state index contributed by atoms with van der Waals surface area (Å²) in [6.45, 7) is 5.33. The van der Waals surface area contributed by atoms with Crippen molar-refractivity contribution in [1.29, 1.82) is 0 Å². The molecule has 1 unspecified atom stereocenters. The topological polar surface area (TPSA) is 117 Å². The monoisotopic (exact) mass is 380 g/mol. The molecule has 1 aromatic carbocycles. The lowest BCUT2D eigenvalue weighted by Crippen LogP contribution is -2.40. The highest BCUT2D eigenvalue weighted by atomic mass is 16.6. The van der Waals surface area contributed by atoms with Crippen LogP contribution in [0.25, 0.3) is 0 Å². The maximum absolute atomic E-state index is 11.8. The quantitative estimate of drug-likeness (QED) is 0.471. The molecular formula is C19H28N2O6. The number of hydrogen-bond donors (Lipinski definition) is 3. The molecule has 0 spiro atoms. The van der Waals surface area contributed by atoms with Gasteiger partial charge in [0.25, 0.3) is 0 Å². The summed E-state index contributed by atoms with van der Waals surface area (Å²) in [4.78, 5) is 27.1. The molecule has 0 saturated heterocycles. The molecule has 8 heteroatoms. The molecule has 3 N–H and O–H groups in total. The van der Waals surface area contributed by atoms with E-state index in [0.29, 0.717) is 12.8 Å². The minimum atomic E-state index is -1.57. The smallest absolute Gasteiger partial charge is 0.433 e. The first kappa shape index (κ1) is 22.6. The van der Waals surface area contributed by atoms with Gasteiger partial charge in [0.2, 0.25) is 0 Å². The summed E-state index contributed by atoms with van der Waals surface area (Å²) in [6, 6.07) is 8.70.